The third-order valence-electron chi connectivity index (χ3n) is 3.55. The van der Waals surface area contributed by atoms with Crippen molar-refractivity contribution in [2.24, 2.45) is 5.73 Å². The van der Waals surface area contributed by atoms with E-state index in [0.717, 1.165) is 33.4 Å². The molecule has 0 saturated heterocycles. The highest BCUT2D eigenvalue weighted by atomic mass is 35.5. The molecule has 2 nitrogen and oxygen atoms in total. The molecule has 0 amide bonds. The van der Waals surface area contributed by atoms with Crippen molar-refractivity contribution in [3.8, 4) is 11.1 Å². The molecule has 1 unspecified atom stereocenters. The molecule has 102 valence electrons. The third-order valence-corrected chi connectivity index (χ3v) is 3.83. The highest BCUT2D eigenvalue weighted by Crippen LogP contribution is 2.36. The lowest BCUT2D eigenvalue weighted by Crippen LogP contribution is -2.04. The summed E-state index contributed by atoms with van der Waals surface area (Å²) in [6.45, 7) is 3.94. The average Bonchev–Trinajstić information content (AvgIpc) is 2.78. The quantitative estimate of drug-likeness (QED) is 0.713. The fourth-order valence-electron chi connectivity index (χ4n) is 2.53. The first kappa shape index (κ1) is 13.2. The maximum absolute atomic E-state index is 6.37. The Kier molecular flexibility index (Phi) is 3.28. The number of furan rings is 1. The predicted molar refractivity (Wildman–Crippen MR) is 84.0 cm³/mol. The fourth-order valence-corrected chi connectivity index (χ4v) is 2.78. The highest BCUT2D eigenvalue weighted by Gasteiger charge is 2.17. The van der Waals surface area contributed by atoms with Gasteiger partial charge in [0, 0.05) is 10.9 Å². The molecule has 0 saturated carbocycles. The Balaban J connectivity index is 2.26. The van der Waals surface area contributed by atoms with Crippen LogP contribution in [0.2, 0.25) is 5.02 Å². The van der Waals surface area contributed by atoms with E-state index in [2.05, 4.69) is 18.2 Å². The summed E-state index contributed by atoms with van der Waals surface area (Å²) in [6.07, 6.45) is 0. The second-order valence-electron chi connectivity index (χ2n) is 5.08. The van der Waals surface area contributed by atoms with Gasteiger partial charge in [-0.25, -0.2) is 0 Å². The van der Waals surface area contributed by atoms with Crippen LogP contribution in [-0.2, 0) is 0 Å². The van der Waals surface area contributed by atoms with Crippen LogP contribution < -0.4 is 5.73 Å². The number of aryl methyl sites for hydroxylation is 1. The molecule has 0 bridgehead atoms. The van der Waals surface area contributed by atoms with Crippen molar-refractivity contribution in [2.45, 2.75) is 19.9 Å². The van der Waals surface area contributed by atoms with Gasteiger partial charge in [0.25, 0.3) is 0 Å². The lowest BCUT2D eigenvalue weighted by Gasteiger charge is -2.03. The van der Waals surface area contributed by atoms with E-state index in [1.807, 2.05) is 38.1 Å². The fraction of sp³-hybridized carbons (Fsp3) is 0.176. The zero-order valence-corrected chi connectivity index (χ0v) is 12.2. The van der Waals surface area contributed by atoms with E-state index < -0.39 is 0 Å². The monoisotopic (exact) mass is 285 g/mol. The molecule has 0 aliphatic rings. The standard InChI is InChI=1S/C17H16ClNO/c1-10-14-8-13(12-6-4-3-5-7-12)9-15(18)17(14)20-16(10)11(2)19/h3-9,11H,19H2,1-2H3. The van der Waals surface area contributed by atoms with Gasteiger partial charge in [0.15, 0.2) is 5.58 Å². The van der Waals surface area contributed by atoms with Gasteiger partial charge >= 0.3 is 0 Å². The largest absolute Gasteiger partial charge is 0.458 e. The summed E-state index contributed by atoms with van der Waals surface area (Å²) in [4.78, 5) is 0. The molecule has 0 radical (unpaired) electrons. The summed E-state index contributed by atoms with van der Waals surface area (Å²) in [5, 5.41) is 1.65. The van der Waals surface area contributed by atoms with Crippen LogP contribution in [0.25, 0.3) is 22.1 Å². The van der Waals surface area contributed by atoms with Crippen LogP contribution in [0.3, 0.4) is 0 Å². The van der Waals surface area contributed by atoms with E-state index in [1.165, 1.54) is 0 Å². The van der Waals surface area contributed by atoms with Gasteiger partial charge in [-0.05, 0) is 37.1 Å². The van der Waals surface area contributed by atoms with Gasteiger partial charge in [0.1, 0.15) is 5.76 Å². The molecule has 3 rings (SSSR count). The Morgan fingerprint density at radius 1 is 1.10 bits per heavy atom. The maximum Gasteiger partial charge on any atom is 0.153 e. The Bertz CT molecular complexity index is 760. The summed E-state index contributed by atoms with van der Waals surface area (Å²) >= 11 is 6.37. The number of nitrogens with two attached hydrogens (primary N) is 1. The average molecular weight is 286 g/mol. The molecule has 1 atom stereocenters. The SMILES string of the molecule is Cc1c(C(C)N)oc2c(Cl)cc(-c3ccccc3)cc12. The smallest absolute Gasteiger partial charge is 0.153 e. The van der Waals surface area contributed by atoms with E-state index in [9.17, 15) is 0 Å². The Morgan fingerprint density at radius 3 is 2.45 bits per heavy atom. The van der Waals surface area contributed by atoms with Crippen LogP contribution in [-0.4, -0.2) is 0 Å². The summed E-state index contributed by atoms with van der Waals surface area (Å²) < 4.78 is 5.82. The number of halogens is 1. The van der Waals surface area contributed by atoms with Crippen LogP contribution in [0.15, 0.2) is 46.9 Å². The lowest BCUT2D eigenvalue weighted by molar-refractivity contribution is 0.509. The van der Waals surface area contributed by atoms with Gasteiger partial charge in [-0.3, -0.25) is 0 Å². The normalized spacial score (nSPS) is 12.8. The van der Waals surface area contributed by atoms with Crippen LogP contribution in [0.1, 0.15) is 24.3 Å². The number of rotatable bonds is 2. The lowest BCUT2D eigenvalue weighted by atomic mass is 10.0. The summed E-state index contributed by atoms with van der Waals surface area (Å²) in [6, 6.07) is 14.1. The van der Waals surface area contributed by atoms with Crippen LogP contribution in [0.4, 0.5) is 0 Å². The van der Waals surface area contributed by atoms with Crippen molar-refractivity contribution in [3.05, 3.63) is 58.8 Å². The molecule has 3 aromatic rings. The minimum atomic E-state index is -0.140. The molecule has 2 aromatic carbocycles. The second-order valence-corrected chi connectivity index (χ2v) is 5.49. The highest BCUT2D eigenvalue weighted by molar-refractivity contribution is 6.35. The Labute approximate surface area is 123 Å². The first-order chi connectivity index (χ1) is 9.58. The minimum Gasteiger partial charge on any atom is -0.458 e. The minimum absolute atomic E-state index is 0.140. The molecule has 1 heterocycles. The summed E-state index contributed by atoms with van der Waals surface area (Å²) in [5.74, 6) is 0.798. The van der Waals surface area contributed by atoms with Crippen LogP contribution in [0.5, 0.6) is 0 Å². The Morgan fingerprint density at radius 2 is 1.80 bits per heavy atom. The zero-order chi connectivity index (χ0) is 14.3. The number of benzene rings is 2. The molecular weight excluding hydrogens is 270 g/mol. The van der Waals surface area contributed by atoms with E-state index >= 15 is 0 Å². The Hall–Kier alpha value is -1.77. The zero-order valence-electron chi connectivity index (χ0n) is 11.5. The molecule has 0 aliphatic heterocycles. The topological polar surface area (TPSA) is 39.2 Å². The molecular formula is C17H16ClNO. The number of fused-ring (bicyclic) bond motifs is 1. The van der Waals surface area contributed by atoms with E-state index in [4.69, 9.17) is 21.8 Å². The van der Waals surface area contributed by atoms with E-state index in [-0.39, 0.29) is 6.04 Å². The van der Waals surface area contributed by atoms with Crippen LogP contribution in [0, 0.1) is 6.92 Å². The maximum atomic E-state index is 6.37. The van der Waals surface area contributed by atoms with Crippen molar-refractivity contribution in [3.63, 3.8) is 0 Å². The van der Waals surface area contributed by atoms with E-state index in [1.54, 1.807) is 0 Å². The molecule has 0 spiro atoms. The molecule has 0 aliphatic carbocycles. The van der Waals surface area contributed by atoms with Gasteiger partial charge < -0.3 is 10.2 Å². The van der Waals surface area contributed by atoms with Gasteiger partial charge in [0.2, 0.25) is 0 Å². The first-order valence-corrected chi connectivity index (χ1v) is 6.99. The van der Waals surface area contributed by atoms with Crippen molar-refractivity contribution >= 4 is 22.6 Å². The number of hydrogen-bond acceptors (Lipinski definition) is 2. The van der Waals surface area contributed by atoms with Gasteiger partial charge in [0.05, 0.1) is 11.1 Å². The molecule has 1 aromatic heterocycles. The van der Waals surface area contributed by atoms with Gasteiger partial charge in [-0.15, -0.1) is 0 Å². The van der Waals surface area contributed by atoms with E-state index in [0.29, 0.717) is 5.02 Å². The third kappa shape index (κ3) is 2.11. The predicted octanol–water partition coefficient (Wildman–Crippen LogP) is 5.08. The summed E-state index contributed by atoms with van der Waals surface area (Å²) in [7, 11) is 0. The molecule has 0 fully saturated rings. The molecule has 20 heavy (non-hydrogen) atoms. The van der Waals surface area contributed by atoms with Crippen molar-refractivity contribution in [1.82, 2.24) is 0 Å². The van der Waals surface area contributed by atoms with Crippen molar-refractivity contribution in [2.75, 3.05) is 0 Å². The van der Waals surface area contributed by atoms with Crippen molar-refractivity contribution in [1.29, 1.82) is 0 Å². The van der Waals surface area contributed by atoms with Gasteiger partial charge in [-0.1, -0.05) is 41.9 Å². The first-order valence-electron chi connectivity index (χ1n) is 6.61. The summed E-state index contributed by atoms with van der Waals surface area (Å²) in [5.41, 5.74) is 9.95. The molecule has 2 N–H and O–H groups in total. The second kappa shape index (κ2) is 4.97. The van der Waals surface area contributed by atoms with Crippen molar-refractivity contribution < 1.29 is 4.42 Å². The number of hydrogen-bond donors (Lipinski definition) is 1. The molecule has 3 heteroatoms. The van der Waals surface area contributed by atoms with Gasteiger partial charge in [-0.2, -0.15) is 0 Å². The van der Waals surface area contributed by atoms with Crippen LogP contribution >= 0.6 is 11.6 Å².